The molecule has 0 radical (unpaired) electrons. The highest BCUT2D eigenvalue weighted by atomic mass is 35.5. The molecular weight excluding hydrogens is 328 g/mol. The predicted molar refractivity (Wildman–Crippen MR) is 94.2 cm³/mol. The van der Waals surface area contributed by atoms with Crippen molar-refractivity contribution in [3.63, 3.8) is 0 Å². The SMILES string of the molecule is CC(Oc1ccccc1Cl)C(=O)NCCCN1CCCCCC1=O. The number of nitrogens with zero attached hydrogens (tertiary/aromatic N) is 1. The number of nitrogens with one attached hydrogen (secondary N) is 1. The molecule has 0 saturated carbocycles. The first-order chi connectivity index (χ1) is 11.6. The lowest BCUT2D eigenvalue weighted by Gasteiger charge is -2.21. The summed E-state index contributed by atoms with van der Waals surface area (Å²) >= 11 is 6.02. The number of halogens is 1. The number of hydrogen-bond acceptors (Lipinski definition) is 3. The van der Waals surface area contributed by atoms with Gasteiger partial charge in [-0.15, -0.1) is 0 Å². The Morgan fingerprint density at radius 2 is 2.12 bits per heavy atom. The molecule has 0 spiro atoms. The summed E-state index contributed by atoms with van der Waals surface area (Å²) in [5.41, 5.74) is 0. The third kappa shape index (κ3) is 5.71. The molecule has 1 aliphatic rings. The Hall–Kier alpha value is -1.75. The van der Waals surface area contributed by atoms with Crippen LogP contribution in [0.4, 0.5) is 0 Å². The molecule has 1 aliphatic heterocycles. The lowest BCUT2D eigenvalue weighted by molar-refractivity contribution is -0.130. The minimum atomic E-state index is -0.621. The number of rotatable bonds is 7. The van der Waals surface area contributed by atoms with E-state index in [1.165, 1.54) is 0 Å². The molecule has 2 rings (SSSR count). The van der Waals surface area contributed by atoms with E-state index in [2.05, 4.69) is 5.32 Å². The standard InChI is InChI=1S/C18H25ClN2O3/c1-14(24-16-9-5-4-8-15(16)19)18(23)20-11-7-13-21-12-6-2-3-10-17(21)22/h4-5,8-9,14H,2-3,6-7,10-13H2,1H3,(H,20,23). The summed E-state index contributed by atoms with van der Waals surface area (Å²) in [6, 6.07) is 7.07. The summed E-state index contributed by atoms with van der Waals surface area (Å²) in [7, 11) is 0. The van der Waals surface area contributed by atoms with Crippen molar-refractivity contribution in [3.05, 3.63) is 29.3 Å². The molecule has 0 aliphatic carbocycles. The maximum Gasteiger partial charge on any atom is 0.260 e. The van der Waals surface area contributed by atoms with Crippen LogP contribution < -0.4 is 10.1 Å². The number of benzene rings is 1. The topological polar surface area (TPSA) is 58.6 Å². The molecule has 1 aromatic rings. The number of carbonyl (C=O) groups excluding carboxylic acids is 2. The number of carbonyl (C=O) groups is 2. The van der Waals surface area contributed by atoms with Crippen LogP contribution in [0.25, 0.3) is 0 Å². The van der Waals surface area contributed by atoms with Gasteiger partial charge in [-0.05, 0) is 38.3 Å². The molecule has 1 unspecified atom stereocenters. The van der Waals surface area contributed by atoms with E-state index >= 15 is 0 Å². The van der Waals surface area contributed by atoms with Gasteiger partial charge in [-0.25, -0.2) is 0 Å². The fourth-order valence-corrected chi connectivity index (χ4v) is 2.86. The second-order valence-electron chi connectivity index (χ2n) is 6.03. The van der Waals surface area contributed by atoms with E-state index in [4.69, 9.17) is 16.3 Å². The van der Waals surface area contributed by atoms with Crippen LogP contribution in [0.5, 0.6) is 5.75 Å². The first kappa shape index (κ1) is 18.6. The number of likely N-dealkylation sites (tertiary alicyclic amines) is 1. The van der Waals surface area contributed by atoms with Gasteiger partial charge in [0.05, 0.1) is 5.02 Å². The maximum atomic E-state index is 12.1. The van der Waals surface area contributed by atoms with Crippen LogP contribution in [-0.2, 0) is 9.59 Å². The number of hydrogen-bond donors (Lipinski definition) is 1. The zero-order valence-corrected chi connectivity index (χ0v) is 14.8. The van der Waals surface area contributed by atoms with Crippen LogP contribution in [0.1, 0.15) is 39.0 Å². The lowest BCUT2D eigenvalue weighted by Crippen LogP contribution is -2.38. The van der Waals surface area contributed by atoms with E-state index in [0.717, 1.165) is 32.2 Å². The van der Waals surface area contributed by atoms with Crippen LogP contribution >= 0.6 is 11.6 Å². The lowest BCUT2D eigenvalue weighted by atomic mass is 10.2. The van der Waals surface area contributed by atoms with Crippen molar-refractivity contribution in [1.82, 2.24) is 10.2 Å². The minimum Gasteiger partial charge on any atom is -0.479 e. The van der Waals surface area contributed by atoms with Crippen LogP contribution in [0.3, 0.4) is 0 Å². The minimum absolute atomic E-state index is 0.183. The zero-order chi connectivity index (χ0) is 17.4. The van der Waals surface area contributed by atoms with E-state index in [1.807, 2.05) is 17.0 Å². The molecule has 132 valence electrons. The summed E-state index contributed by atoms with van der Waals surface area (Å²) in [6.45, 7) is 3.74. The first-order valence-corrected chi connectivity index (χ1v) is 8.92. The molecule has 1 aromatic carbocycles. The van der Waals surface area contributed by atoms with Crippen LogP contribution in [0.2, 0.25) is 5.02 Å². The number of ether oxygens (including phenoxy) is 1. The van der Waals surface area contributed by atoms with E-state index < -0.39 is 6.10 Å². The number of amides is 2. The average molecular weight is 353 g/mol. The van der Waals surface area contributed by atoms with Crippen molar-refractivity contribution in [2.45, 2.75) is 45.1 Å². The third-order valence-electron chi connectivity index (χ3n) is 4.09. The summed E-state index contributed by atoms with van der Waals surface area (Å²) in [6.07, 6.45) is 3.95. The monoisotopic (exact) mass is 352 g/mol. The largest absolute Gasteiger partial charge is 0.479 e. The van der Waals surface area contributed by atoms with Gasteiger partial charge in [0, 0.05) is 26.1 Å². The molecule has 0 bridgehead atoms. The smallest absolute Gasteiger partial charge is 0.260 e. The Morgan fingerprint density at radius 3 is 2.92 bits per heavy atom. The van der Waals surface area contributed by atoms with Gasteiger partial charge < -0.3 is 15.0 Å². The molecule has 1 heterocycles. The van der Waals surface area contributed by atoms with E-state index in [9.17, 15) is 9.59 Å². The predicted octanol–water partition coefficient (Wildman–Crippen LogP) is 3.02. The van der Waals surface area contributed by atoms with Crippen molar-refractivity contribution in [2.24, 2.45) is 0 Å². The number of para-hydroxylation sites is 1. The molecule has 24 heavy (non-hydrogen) atoms. The molecular formula is C18H25ClN2O3. The van der Waals surface area contributed by atoms with Gasteiger partial charge in [-0.3, -0.25) is 9.59 Å². The highest BCUT2D eigenvalue weighted by Gasteiger charge is 2.17. The summed E-state index contributed by atoms with van der Waals surface area (Å²) in [4.78, 5) is 25.9. The van der Waals surface area contributed by atoms with Crippen LogP contribution in [-0.4, -0.2) is 42.5 Å². The Balaban J connectivity index is 1.69. The first-order valence-electron chi connectivity index (χ1n) is 8.54. The van der Waals surface area contributed by atoms with E-state index in [1.54, 1.807) is 19.1 Å². The van der Waals surface area contributed by atoms with Gasteiger partial charge >= 0.3 is 0 Å². The van der Waals surface area contributed by atoms with Gasteiger partial charge in [0.2, 0.25) is 5.91 Å². The van der Waals surface area contributed by atoms with Gasteiger partial charge in [0.1, 0.15) is 5.75 Å². The Kier molecular flexibility index (Phi) is 7.37. The molecule has 1 fully saturated rings. The van der Waals surface area contributed by atoms with Gasteiger partial charge in [0.15, 0.2) is 6.10 Å². The maximum absolute atomic E-state index is 12.1. The van der Waals surface area contributed by atoms with Crippen molar-refractivity contribution in [3.8, 4) is 5.75 Å². The second kappa shape index (κ2) is 9.52. The molecule has 5 nitrogen and oxygen atoms in total. The highest BCUT2D eigenvalue weighted by molar-refractivity contribution is 6.32. The van der Waals surface area contributed by atoms with Crippen LogP contribution in [0.15, 0.2) is 24.3 Å². The van der Waals surface area contributed by atoms with Crippen molar-refractivity contribution >= 4 is 23.4 Å². The van der Waals surface area contributed by atoms with E-state index in [0.29, 0.717) is 30.3 Å². The van der Waals surface area contributed by atoms with Crippen LogP contribution in [0, 0.1) is 0 Å². The van der Waals surface area contributed by atoms with Crippen molar-refractivity contribution in [2.75, 3.05) is 19.6 Å². The van der Waals surface area contributed by atoms with Crippen molar-refractivity contribution in [1.29, 1.82) is 0 Å². The normalized spacial score (nSPS) is 16.4. The molecule has 1 atom stereocenters. The summed E-state index contributed by atoms with van der Waals surface area (Å²) < 4.78 is 5.58. The Morgan fingerprint density at radius 1 is 1.33 bits per heavy atom. The third-order valence-corrected chi connectivity index (χ3v) is 4.40. The fraction of sp³-hybridized carbons (Fsp3) is 0.556. The Labute approximate surface area is 148 Å². The highest BCUT2D eigenvalue weighted by Crippen LogP contribution is 2.24. The zero-order valence-electron chi connectivity index (χ0n) is 14.1. The fourth-order valence-electron chi connectivity index (χ4n) is 2.68. The van der Waals surface area contributed by atoms with Gasteiger partial charge in [0.25, 0.3) is 5.91 Å². The van der Waals surface area contributed by atoms with Crippen molar-refractivity contribution < 1.29 is 14.3 Å². The summed E-state index contributed by atoms with van der Waals surface area (Å²) in [5.74, 6) is 0.545. The molecule has 6 heteroatoms. The Bertz CT molecular complexity index is 565. The van der Waals surface area contributed by atoms with Gasteiger partial charge in [-0.2, -0.15) is 0 Å². The molecule has 2 amide bonds. The quantitative estimate of drug-likeness (QED) is 0.767. The van der Waals surface area contributed by atoms with Gasteiger partial charge in [-0.1, -0.05) is 30.2 Å². The molecule has 1 saturated heterocycles. The average Bonchev–Trinajstić information content (AvgIpc) is 2.78. The summed E-state index contributed by atoms with van der Waals surface area (Å²) in [5, 5.41) is 3.33. The second-order valence-corrected chi connectivity index (χ2v) is 6.43. The molecule has 1 N–H and O–H groups in total. The van der Waals surface area contributed by atoms with E-state index in [-0.39, 0.29) is 11.8 Å². The molecule has 0 aromatic heterocycles.